The normalized spacial score (nSPS) is 11.8. The summed E-state index contributed by atoms with van der Waals surface area (Å²) < 4.78 is 74.9. The summed E-state index contributed by atoms with van der Waals surface area (Å²) in [5.74, 6) is 0.328. The zero-order valence-corrected chi connectivity index (χ0v) is 24.0. The molecule has 0 bridgehead atoms. The lowest BCUT2D eigenvalue weighted by Gasteiger charge is -2.22. The molecule has 42 heavy (non-hydrogen) atoms. The van der Waals surface area contributed by atoms with Crippen molar-refractivity contribution in [2.75, 3.05) is 0 Å². The molecule has 0 unspecified atom stereocenters. The molecule has 0 radical (unpaired) electrons. The SMILES string of the molecule is CCCCCCc1ccc(C(=O)N(Cc2ccc(OS(=O)(=O)c3cccc(C(F)(F)F)c3)cc2)Cc2ccco2)cc1. The van der Waals surface area contributed by atoms with Gasteiger partial charge < -0.3 is 13.5 Å². The Hall–Kier alpha value is -4.05. The number of aryl methyl sites for hydroxylation is 1. The van der Waals surface area contributed by atoms with E-state index in [1.54, 1.807) is 29.2 Å². The lowest BCUT2D eigenvalue weighted by atomic mass is 10.0. The number of halogens is 3. The monoisotopic (exact) mass is 599 g/mol. The highest BCUT2D eigenvalue weighted by Crippen LogP contribution is 2.31. The third-order valence-corrected chi connectivity index (χ3v) is 7.93. The van der Waals surface area contributed by atoms with Crippen LogP contribution < -0.4 is 4.18 Å². The zero-order chi connectivity index (χ0) is 30.2. The quantitative estimate of drug-likeness (QED) is 0.115. The van der Waals surface area contributed by atoms with E-state index in [0.29, 0.717) is 23.0 Å². The first-order valence-corrected chi connectivity index (χ1v) is 15.1. The van der Waals surface area contributed by atoms with Gasteiger partial charge >= 0.3 is 16.3 Å². The van der Waals surface area contributed by atoms with Crippen molar-refractivity contribution in [1.29, 1.82) is 0 Å². The summed E-state index contributed by atoms with van der Waals surface area (Å²) in [5, 5.41) is 0. The van der Waals surface area contributed by atoms with Gasteiger partial charge in [-0.3, -0.25) is 4.79 Å². The molecule has 6 nitrogen and oxygen atoms in total. The summed E-state index contributed by atoms with van der Waals surface area (Å²) >= 11 is 0. The first kappa shape index (κ1) is 30.9. The summed E-state index contributed by atoms with van der Waals surface area (Å²) in [6.07, 6.45) is 2.46. The Labute approximate surface area is 243 Å². The Morgan fingerprint density at radius 1 is 0.857 bits per heavy atom. The van der Waals surface area contributed by atoms with E-state index < -0.39 is 26.8 Å². The molecule has 0 aliphatic rings. The van der Waals surface area contributed by atoms with Crippen LogP contribution in [0.4, 0.5) is 13.2 Å². The van der Waals surface area contributed by atoms with Crippen LogP contribution in [0.3, 0.4) is 0 Å². The average Bonchev–Trinajstić information content (AvgIpc) is 3.49. The zero-order valence-electron chi connectivity index (χ0n) is 23.1. The van der Waals surface area contributed by atoms with Gasteiger partial charge in [-0.15, -0.1) is 0 Å². The third-order valence-electron chi connectivity index (χ3n) is 6.69. The molecule has 0 aliphatic heterocycles. The van der Waals surface area contributed by atoms with Crippen molar-refractivity contribution in [2.45, 2.75) is 63.2 Å². The number of hydrogen-bond acceptors (Lipinski definition) is 5. The van der Waals surface area contributed by atoms with Crippen LogP contribution in [-0.4, -0.2) is 19.2 Å². The fourth-order valence-corrected chi connectivity index (χ4v) is 5.39. The highest BCUT2D eigenvalue weighted by Gasteiger charge is 2.32. The molecular weight excluding hydrogens is 567 g/mol. The smallest absolute Gasteiger partial charge is 0.416 e. The molecule has 0 aliphatic carbocycles. The molecule has 0 saturated heterocycles. The van der Waals surface area contributed by atoms with E-state index in [1.807, 2.05) is 24.3 Å². The van der Waals surface area contributed by atoms with Gasteiger partial charge in [-0.2, -0.15) is 21.6 Å². The number of furan rings is 1. The maximum Gasteiger partial charge on any atom is 0.416 e. The maximum absolute atomic E-state index is 13.5. The van der Waals surface area contributed by atoms with E-state index in [2.05, 4.69) is 6.92 Å². The van der Waals surface area contributed by atoms with Crippen LogP contribution in [0.2, 0.25) is 0 Å². The number of nitrogens with zero attached hydrogens (tertiary/aromatic N) is 1. The number of benzene rings is 3. The molecule has 3 aromatic carbocycles. The summed E-state index contributed by atoms with van der Waals surface area (Å²) in [7, 11) is -4.51. The van der Waals surface area contributed by atoms with Crippen molar-refractivity contribution in [3.63, 3.8) is 0 Å². The fraction of sp³-hybridized carbons (Fsp3) is 0.281. The van der Waals surface area contributed by atoms with Crippen molar-refractivity contribution >= 4 is 16.0 Å². The van der Waals surface area contributed by atoms with E-state index in [0.717, 1.165) is 31.0 Å². The minimum atomic E-state index is -4.69. The summed E-state index contributed by atoms with van der Waals surface area (Å²) in [4.78, 5) is 14.5. The standard InChI is InChI=1S/C32H32F3NO5S/c1-2-3-4-5-8-24-12-16-26(17-13-24)31(37)36(23-29-10-7-20-40-29)22-25-14-18-28(19-15-25)41-42(38,39)30-11-6-9-27(21-30)32(33,34)35/h6-7,9-21H,2-5,8,22-23H2,1H3. The van der Waals surface area contributed by atoms with Crippen LogP contribution in [0, 0.1) is 0 Å². The molecular formula is C32H32F3NO5S. The number of carbonyl (C=O) groups is 1. The van der Waals surface area contributed by atoms with Gasteiger partial charge in [0.25, 0.3) is 5.91 Å². The Bertz CT molecular complexity index is 1550. The summed E-state index contributed by atoms with van der Waals surface area (Å²) in [6, 6.07) is 20.4. The third kappa shape index (κ3) is 8.48. The van der Waals surface area contributed by atoms with E-state index in [-0.39, 0.29) is 24.7 Å². The second kappa shape index (κ2) is 13.7. The Balaban J connectivity index is 1.46. The molecule has 0 saturated carbocycles. The summed E-state index contributed by atoms with van der Waals surface area (Å²) in [6.45, 7) is 2.58. The van der Waals surface area contributed by atoms with Crippen molar-refractivity contribution in [3.8, 4) is 5.75 Å². The number of amides is 1. The van der Waals surface area contributed by atoms with Crippen molar-refractivity contribution in [2.24, 2.45) is 0 Å². The second-order valence-electron chi connectivity index (χ2n) is 9.96. The van der Waals surface area contributed by atoms with Gasteiger partial charge in [-0.05, 0) is 78.6 Å². The molecule has 10 heteroatoms. The topological polar surface area (TPSA) is 76.8 Å². The van der Waals surface area contributed by atoms with Gasteiger partial charge in [0.2, 0.25) is 0 Å². The predicted molar refractivity (Wildman–Crippen MR) is 152 cm³/mol. The molecule has 4 rings (SSSR count). The summed E-state index contributed by atoms with van der Waals surface area (Å²) in [5.41, 5.74) is 1.30. The fourth-order valence-electron chi connectivity index (χ4n) is 4.42. The second-order valence-corrected chi connectivity index (χ2v) is 11.5. The van der Waals surface area contributed by atoms with E-state index in [4.69, 9.17) is 8.60 Å². The number of rotatable bonds is 13. The highest BCUT2D eigenvalue weighted by atomic mass is 32.2. The molecule has 1 heterocycles. The van der Waals surface area contributed by atoms with Gasteiger partial charge in [0.1, 0.15) is 16.4 Å². The van der Waals surface area contributed by atoms with Gasteiger partial charge in [0.15, 0.2) is 0 Å². The van der Waals surface area contributed by atoms with Crippen LogP contribution in [0.25, 0.3) is 0 Å². The van der Waals surface area contributed by atoms with Crippen molar-refractivity contribution in [1.82, 2.24) is 4.90 Å². The van der Waals surface area contributed by atoms with Crippen LogP contribution >= 0.6 is 0 Å². The molecule has 0 N–H and O–H groups in total. The number of carbonyl (C=O) groups excluding carboxylic acids is 1. The average molecular weight is 600 g/mol. The van der Waals surface area contributed by atoms with E-state index >= 15 is 0 Å². The highest BCUT2D eigenvalue weighted by molar-refractivity contribution is 7.87. The van der Waals surface area contributed by atoms with E-state index in [9.17, 15) is 26.4 Å². The number of unbranched alkanes of at least 4 members (excludes halogenated alkanes) is 3. The Morgan fingerprint density at radius 2 is 1.57 bits per heavy atom. The van der Waals surface area contributed by atoms with Gasteiger partial charge in [0.05, 0.1) is 18.4 Å². The van der Waals surface area contributed by atoms with Crippen LogP contribution in [0.15, 0.2) is 101 Å². The predicted octanol–water partition coefficient (Wildman–Crippen LogP) is 8.03. The lowest BCUT2D eigenvalue weighted by molar-refractivity contribution is -0.137. The minimum absolute atomic E-state index is 0.0744. The van der Waals surface area contributed by atoms with Crippen LogP contribution in [0.5, 0.6) is 5.75 Å². The van der Waals surface area contributed by atoms with Gasteiger partial charge in [0, 0.05) is 12.1 Å². The van der Waals surface area contributed by atoms with Crippen LogP contribution in [-0.2, 0) is 35.8 Å². The van der Waals surface area contributed by atoms with Crippen molar-refractivity contribution in [3.05, 3.63) is 119 Å². The molecule has 0 atom stereocenters. The molecule has 0 fully saturated rings. The van der Waals surface area contributed by atoms with Crippen LogP contribution in [0.1, 0.15) is 65.4 Å². The molecule has 0 spiro atoms. The minimum Gasteiger partial charge on any atom is -0.467 e. The van der Waals surface area contributed by atoms with Crippen molar-refractivity contribution < 1.29 is 35.0 Å². The number of alkyl halides is 3. The lowest BCUT2D eigenvalue weighted by Crippen LogP contribution is -2.30. The first-order valence-electron chi connectivity index (χ1n) is 13.7. The maximum atomic E-state index is 13.5. The van der Waals surface area contributed by atoms with Gasteiger partial charge in [-0.25, -0.2) is 0 Å². The number of hydrogen-bond donors (Lipinski definition) is 0. The molecule has 4 aromatic rings. The molecule has 222 valence electrons. The largest absolute Gasteiger partial charge is 0.467 e. The van der Waals surface area contributed by atoms with E-state index in [1.165, 1.54) is 43.2 Å². The van der Waals surface area contributed by atoms with Gasteiger partial charge in [-0.1, -0.05) is 56.5 Å². The molecule has 1 aromatic heterocycles. The Morgan fingerprint density at radius 3 is 2.21 bits per heavy atom. The Kier molecular flexibility index (Phi) is 10.1. The molecule has 1 amide bonds. The first-order chi connectivity index (χ1) is 20.0.